The largest absolute Gasteiger partial charge is 0.478 e. The summed E-state index contributed by atoms with van der Waals surface area (Å²) in [5.74, 6) is 1.79. The van der Waals surface area contributed by atoms with Crippen LogP contribution >= 0.6 is 0 Å². The number of hydrogen-bond acceptors (Lipinski definition) is 17. The van der Waals surface area contributed by atoms with Crippen LogP contribution in [0, 0.1) is 0 Å². The van der Waals surface area contributed by atoms with Gasteiger partial charge in [0.2, 0.25) is 0 Å². The first kappa shape index (κ1) is 63.4. The minimum Gasteiger partial charge on any atom is -0.478 e. The Balaban J connectivity index is 0.000000182. The highest BCUT2D eigenvalue weighted by Gasteiger charge is 2.21. The third-order valence-electron chi connectivity index (χ3n) is 15.3. The number of likely N-dealkylation sites (N-methyl/N-ethyl adjacent to an activating group) is 2. The van der Waals surface area contributed by atoms with Crippen LogP contribution in [0.3, 0.4) is 0 Å². The topological polar surface area (TPSA) is 273 Å². The summed E-state index contributed by atoms with van der Waals surface area (Å²) in [7, 11) is 4.29. The van der Waals surface area contributed by atoms with Gasteiger partial charge in [0.1, 0.15) is 11.0 Å². The van der Waals surface area contributed by atoms with Gasteiger partial charge in [-0.3, -0.25) is 14.6 Å². The molecule has 5 amide bonds. The Kier molecular flexibility index (Phi) is 22.4. The molecule has 25 nitrogen and oxygen atoms in total. The number of aromatic nitrogens is 6. The molecule has 4 aromatic heterocycles. The van der Waals surface area contributed by atoms with E-state index in [9.17, 15) is 19.2 Å². The highest BCUT2D eigenvalue weighted by molar-refractivity contribution is 6.01. The minimum atomic E-state index is -1.02. The number of aromatic carboxylic acids is 1. The second kappa shape index (κ2) is 31.0. The van der Waals surface area contributed by atoms with Crippen LogP contribution < -0.4 is 42.1 Å². The van der Waals surface area contributed by atoms with E-state index in [0.717, 1.165) is 106 Å². The molecule has 0 saturated carbocycles. The predicted octanol–water partition coefficient (Wildman–Crippen LogP) is 6.26. The van der Waals surface area contributed by atoms with Gasteiger partial charge in [-0.25, -0.2) is 33.4 Å². The number of rotatable bonds is 15. The van der Waals surface area contributed by atoms with Crippen LogP contribution in [0.1, 0.15) is 28.1 Å². The number of hydrogen-bond donors (Lipinski definition) is 7. The lowest BCUT2D eigenvalue weighted by atomic mass is 10.2. The van der Waals surface area contributed by atoms with E-state index in [1.54, 1.807) is 36.4 Å². The van der Waals surface area contributed by atoms with Gasteiger partial charge in [-0.05, 0) is 135 Å². The number of carbonyl (C=O) groups is 4. The zero-order valence-electron chi connectivity index (χ0n) is 49.2. The van der Waals surface area contributed by atoms with Crippen molar-refractivity contribution in [3.8, 4) is 22.8 Å². The van der Waals surface area contributed by atoms with E-state index >= 15 is 0 Å². The first-order valence-corrected chi connectivity index (χ1v) is 29.4. The smallest absolute Gasteiger partial charge is 0.335 e. The van der Waals surface area contributed by atoms with Crippen LogP contribution in [0.4, 0.5) is 44.0 Å². The van der Waals surface area contributed by atoms with E-state index in [1.165, 1.54) is 50.4 Å². The number of carboxylic acid groups (broad SMARTS) is 1. The second-order valence-electron chi connectivity index (χ2n) is 21.5. The second-order valence-corrected chi connectivity index (χ2v) is 21.5. The Morgan fingerprint density at radius 2 is 0.875 bits per heavy atom. The monoisotopic (exact) mass is 1200 g/mol. The van der Waals surface area contributed by atoms with Crippen LogP contribution in [0.5, 0.6) is 0 Å². The van der Waals surface area contributed by atoms with E-state index < -0.39 is 12.0 Å². The Hall–Kier alpha value is -9.08. The molecular formula is C63H80N18O7. The fraction of sp³-hybridized carbons (Fsp3) is 0.365. The maximum absolute atomic E-state index is 12.7. The summed E-state index contributed by atoms with van der Waals surface area (Å²) in [6.45, 7) is 18.0. The number of urea groups is 2. The lowest BCUT2D eigenvalue weighted by molar-refractivity contribution is 0.0696. The molecule has 0 radical (unpaired) electrons. The molecule has 0 unspecified atom stereocenters. The molecule has 4 aliphatic heterocycles. The van der Waals surface area contributed by atoms with Crippen LogP contribution in [0.15, 0.2) is 134 Å². The van der Waals surface area contributed by atoms with Gasteiger partial charge in [0.25, 0.3) is 5.91 Å². The molecule has 25 heteroatoms. The third-order valence-corrected chi connectivity index (χ3v) is 15.3. The zero-order chi connectivity index (χ0) is 60.5. The van der Waals surface area contributed by atoms with Crippen LogP contribution in [-0.4, -0.2) is 223 Å². The first-order chi connectivity index (χ1) is 42.4. The lowest BCUT2D eigenvalue weighted by Gasteiger charge is -2.32. The summed E-state index contributed by atoms with van der Waals surface area (Å²) < 4.78 is 14.6. The number of morpholine rings is 2. The maximum atomic E-state index is 12.7. The summed E-state index contributed by atoms with van der Waals surface area (Å²) >= 11 is 0. The summed E-state index contributed by atoms with van der Waals surface area (Å²) in [5, 5.41) is 32.4. The van der Waals surface area contributed by atoms with Crippen molar-refractivity contribution in [3.05, 3.63) is 145 Å². The average Bonchev–Trinajstić information content (AvgIpc) is 2.82. The number of nitrogens with zero attached hydrogens (tertiary/aromatic N) is 12. The van der Waals surface area contributed by atoms with Crippen LogP contribution in [-0.2, 0) is 9.47 Å². The highest BCUT2D eigenvalue weighted by atomic mass is 16.5. The SMILES string of the molecule is C.CN1CCN(CCN)CC1.CN1CCN(CCNC(=O)c2ccc(NC(=O)Nc3ccc(-c4nc(N5CCOCC5)c5cccn5n4)cc3)cc2)CC1.O=C(Nc1ccc(C(=O)O)cc1)Nc1ccc(-c2nc(N3CCOCC3)c3cccn3n2)cc1. The van der Waals surface area contributed by atoms with Gasteiger partial charge >= 0.3 is 18.0 Å². The normalized spacial score (nSPS) is 15.9. The molecule has 0 atom stereocenters. The number of fused-ring (bicyclic) bond motifs is 2. The molecule has 0 bridgehead atoms. The molecule has 8 N–H and O–H groups in total. The van der Waals surface area contributed by atoms with Crippen molar-refractivity contribution < 1.29 is 33.8 Å². The number of amides is 5. The van der Waals surface area contributed by atoms with Crippen molar-refractivity contribution in [1.29, 1.82) is 0 Å². The van der Waals surface area contributed by atoms with Gasteiger partial charge in [0.05, 0.1) is 32.0 Å². The molecule has 0 aliphatic carbocycles. The number of benzene rings is 4. The quantitative estimate of drug-likeness (QED) is 0.0597. The molecule has 4 saturated heterocycles. The minimum absolute atomic E-state index is 0. The molecule has 88 heavy (non-hydrogen) atoms. The van der Waals surface area contributed by atoms with Crippen molar-refractivity contribution in [3.63, 3.8) is 0 Å². The summed E-state index contributed by atoms with van der Waals surface area (Å²) in [4.78, 5) is 72.0. The fourth-order valence-electron chi connectivity index (χ4n) is 10.2. The molecule has 4 aromatic carbocycles. The van der Waals surface area contributed by atoms with Crippen LogP contribution in [0.2, 0.25) is 0 Å². The number of nitrogens with one attached hydrogen (secondary N) is 5. The molecular weight excluding hydrogens is 1120 g/mol. The molecule has 0 spiro atoms. The number of piperazine rings is 2. The van der Waals surface area contributed by atoms with E-state index in [0.29, 0.717) is 72.9 Å². The van der Waals surface area contributed by atoms with E-state index in [-0.39, 0.29) is 24.9 Å². The number of nitrogens with two attached hydrogens (primary N) is 1. The van der Waals surface area contributed by atoms with E-state index in [4.69, 9.17) is 30.3 Å². The number of anilines is 6. The summed E-state index contributed by atoms with van der Waals surface area (Å²) in [5.41, 5.74) is 12.0. The summed E-state index contributed by atoms with van der Waals surface area (Å²) in [6.07, 6.45) is 3.81. The van der Waals surface area contributed by atoms with Gasteiger partial charge in [-0.1, -0.05) is 7.43 Å². The Labute approximate surface area is 512 Å². The highest BCUT2D eigenvalue weighted by Crippen LogP contribution is 2.28. The van der Waals surface area contributed by atoms with E-state index in [1.807, 2.05) is 82.1 Å². The molecule has 8 aromatic rings. The van der Waals surface area contributed by atoms with Crippen LogP contribution in [0.25, 0.3) is 33.8 Å². The lowest BCUT2D eigenvalue weighted by Crippen LogP contribution is -2.46. The first-order valence-electron chi connectivity index (χ1n) is 29.4. The van der Waals surface area contributed by atoms with Crippen molar-refractivity contribution in [1.82, 2.24) is 54.1 Å². The number of ether oxygens (including phenoxy) is 2. The van der Waals surface area contributed by atoms with Crippen molar-refractivity contribution >= 4 is 69.4 Å². The molecule has 464 valence electrons. The molecule has 4 aliphatic rings. The Morgan fingerprint density at radius 3 is 1.26 bits per heavy atom. The molecule has 8 heterocycles. The fourth-order valence-corrected chi connectivity index (χ4v) is 10.2. The van der Waals surface area contributed by atoms with E-state index in [2.05, 4.69) is 80.3 Å². The zero-order valence-corrected chi connectivity index (χ0v) is 49.2. The molecule has 4 fully saturated rings. The van der Waals surface area contributed by atoms with Gasteiger partial charge in [0, 0.05) is 157 Å². The summed E-state index contributed by atoms with van der Waals surface area (Å²) in [6, 6.07) is 34.6. The van der Waals surface area contributed by atoms with Gasteiger partial charge in [0.15, 0.2) is 23.3 Å². The van der Waals surface area contributed by atoms with Gasteiger partial charge < -0.3 is 66.5 Å². The average molecular weight is 1200 g/mol. The number of carboxylic acids is 1. The van der Waals surface area contributed by atoms with Crippen molar-refractivity contribution in [2.75, 3.05) is 176 Å². The van der Waals surface area contributed by atoms with Gasteiger partial charge in [-0.15, -0.1) is 10.2 Å². The third kappa shape index (κ3) is 17.3. The predicted molar refractivity (Wildman–Crippen MR) is 344 cm³/mol. The molecule has 12 rings (SSSR count). The van der Waals surface area contributed by atoms with Gasteiger partial charge in [-0.2, -0.15) is 0 Å². The number of carbonyl (C=O) groups excluding carboxylic acids is 3. The maximum Gasteiger partial charge on any atom is 0.335 e. The Bertz CT molecular complexity index is 3540. The Morgan fingerprint density at radius 1 is 0.500 bits per heavy atom. The standard InChI is InChI=1S/C31H37N9O3.C24H22N6O4.C7H17N3.CH4/c1-37-15-17-38(18-16-37)14-12-32-30(41)24-6-10-26(11-7-24)34-31(42)33-25-8-4-23(5-9-25)28-35-29(39-19-21-43-22-20-39)27-3-2-13-40(27)36-28;31-23(32)17-5-9-19(10-6-17)26-24(33)25-18-7-3-16(4-8-18)21-27-22(29-12-14-34-15-13-29)20-2-1-11-30(20)28-21;1-9-4-6-10(3-2-8)7-5-9;/h2-11,13H,12,14-22H2,1H3,(H,32,41)(H2,33,34,42);1-11H,12-15H2,(H,31,32)(H2,25,26,33);2-8H2,1H3;1H4. The van der Waals surface area contributed by atoms with Crippen molar-refractivity contribution in [2.24, 2.45) is 5.73 Å². The van der Waals surface area contributed by atoms with Crippen molar-refractivity contribution in [2.45, 2.75) is 7.43 Å².